The molecule has 2 saturated heterocycles. The number of methoxy groups -OCH3 is 1. The lowest BCUT2D eigenvalue weighted by Crippen LogP contribution is -2.59. The van der Waals surface area contributed by atoms with Crippen molar-refractivity contribution in [2.75, 3.05) is 40.4 Å². The van der Waals surface area contributed by atoms with Gasteiger partial charge >= 0.3 is 0 Å². The Labute approximate surface area is 131 Å². The van der Waals surface area contributed by atoms with Gasteiger partial charge in [-0.25, -0.2) is 8.42 Å². The number of hydrogen-bond donors (Lipinski definition) is 0. The van der Waals surface area contributed by atoms with E-state index in [4.69, 9.17) is 9.47 Å². The topological polar surface area (TPSA) is 59.1 Å². The van der Waals surface area contributed by atoms with Gasteiger partial charge in [0, 0.05) is 25.7 Å². The van der Waals surface area contributed by atoms with E-state index in [2.05, 4.69) is 4.90 Å². The molecular formula is C15H22N2O4S. The van der Waals surface area contributed by atoms with Gasteiger partial charge in [0.15, 0.2) is 0 Å². The molecule has 0 N–H and O–H groups in total. The number of morpholine rings is 1. The van der Waals surface area contributed by atoms with Crippen LogP contribution in [0.5, 0.6) is 5.75 Å². The van der Waals surface area contributed by atoms with Crippen LogP contribution in [0.4, 0.5) is 0 Å². The zero-order valence-corrected chi connectivity index (χ0v) is 13.8. The summed E-state index contributed by atoms with van der Waals surface area (Å²) >= 11 is 0. The monoisotopic (exact) mass is 326 g/mol. The number of ether oxygens (including phenoxy) is 2. The fourth-order valence-corrected chi connectivity index (χ4v) is 4.83. The number of piperidine rings is 1. The van der Waals surface area contributed by atoms with Gasteiger partial charge in [-0.05, 0) is 25.6 Å². The van der Waals surface area contributed by atoms with Crippen molar-refractivity contribution in [1.82, 2.24) is 9.21 Å². The minimum absolute atomic E-state index is 0.118. The summed E-state index contributed by atoms with van der Waals surface area (Å²) in [7, 11) is -0.0361. The number of para-hydroxylation sites is 1. The van der Waals surface area contributed by atoms with E-state index in [9.17, 15) is 8.42 Å². The van der Waals surface area contributed by atoms with E-state index in [0.29, 0.717) is 18.8 Å². The van der Waals surface area contributed by atoms with E-state index in [0.717, 1.165) is 19.6 Å². The van der Waals surface area contributed by atoms with Gasteiger partial charge in [0.2, 0.25) is 10.0 Å². The molecule has 7 heteroatoms. The molecule has 0 bridgehead atoms. The smallest absolute Gasteiger partial charge is 0.246 e. The van der Waals surface area contributed by atoms with Crippen molar-refractivity contribution in [3.63, 3.8) is 0 Å². The van der Waals surface area contributed by atoms with Crippen LogP contribution in [0.2, 0.25) is 0 Å². The molecule has 0 aliphatic carbocycles. The second kappa shape index (κ2) is 6.16. The van der Waals surface area contributed by atoms with Crippen LogP contribution in [0.1, 0.15) is 6.42 Å². The Morgan fingerprint density at radius 2 is 2.05 bits per heavy atom. The van der Waals surface area contributed by atoms with Crippen molar-refractivity contribution in [2.24, 2.45) is 0 Å². The van der Waals surface area contributed by atoms with Gasteiger partial charge < -0.3 is 9.47 Å². The highest BCUT2D eigenvalue weighted by Crippen LogP contribution is 2.30. The van der Waals surface area contributed by atoms with Crippen molar-refractivity contribution >= 4 is 10.0 Å². The van der Waals surface area contributed by atoms with Crippen molar-refractivity contribution in [3.05, 3.63) is 24.3 Å². The van der Waals surface area contributed by atoms with E-state index < -0.39 is 10.0 Å². The summed E-state index contributed by atoms with van der Waals surface area (Å²) in [6.07, 6.45) is 0.853. The molecule has 0 amide bonds. The molecule has 1 aromatic rings. The molecule has 122 valence electrons. The van der Waals surface area contributed by atoms with E-state index in [-0.39, 0.29) is 17.0 Å². The fourth-order valence-electron chi connectivity index (χ4n) is 3.20. The summed E-state index contributed by atoms with van der Waals surface area (Å²) in [6.45, 7) is 2.50. The number of sulfonamides is 1. The third kappa shape index (κ3) is 2.74. The van der Waals surface area contributed by atoms with Crippen LogP contribution in [0.25, 0.3) is 0 Å². The molecule has 1 aromatic carbocycles. The quantitative estimate of drug-likeness (QED) is 0.822. The van der Waals surface area contributed by atoms with Crippen LogP contribution in [0, 0.1) is 0 Å². The molecule has 2 aliphatic rings. The van der Waals surface area contributed by atoms with Crippen molar-refractivity contribution in [3.8, 4) is 5.75 Å². The standard InChI is InChI=1S/C15H22N2O4S/c1-16-9-10-21-13-7-8-17(11-12(13)16)22(18,19)15-6-4-3-5-14(15)20-2/h3-6,12-13H,7-11H2,1-2H3/t12-,13-/m0/s1. The Hall–Kier alpha value is -1.15. The molecular weight excluding hydrogens is 304 g/mol. The van der Waals surface area contributed by atoms with Crippen LogP contribution in [0.15, 0.2) is 29.2 Å². The first-order valence-electron chi connectivity index (χ1n) is 7.49. The average molecular weight is 326 g/mol. The number of rotatable bonds is 3. The Morgan fingerprint density at radius 1 is 1.27 bits per heavy atom. The predicted molar refractivity (Wildman–Crippen MR) is 82.5 cm³/mol. The normalized spacial score (nSPS) is 27.4. The molecule has 2 aliphatic heterocycles. The summed E-state index contributed by atoms with van der Waals surface area (Å²) in [5.74, 6) is 0.387. The SMILES string of the molecule is COc1ccccc1S(=O)(=O)N1CC[C@@H]2OCCN(C)[C@H]2C1. The number of benzene rings is 1. The predicted octanol–water partition coefficient (Wildman–Crippen LogP) is 0.789. The van der Waals surface area contributed by atoms with Crippen molar-refractivity contribution in [1.29, 1.82) is 0 Å². The van der Waals surface area contributed by atoms with E-state index in [1.54, 1.807) is 28.6 Å². The molecule has 22 heavy (non-hydrogen) atoms. The van der Waals surface area contributed by atoms with Gasteiger partial charge in [0.25, 0.3) is 0 Å². The third-order valence-corrected chi connectivity index (χ3v) is 6.42. The highest BCUT2D eigenvalue weighted by atomic mass is 32.2. The van der Waals surface area contributed by atoms with Crippen molar-refractivity contribution in [2.45, 2.75) is 23.5 Å². The minimum atomic E-state index is -3.55. The van der Waals surface area contributed by atoms with Gasteiger partial charge in [-0.15, -0.1) is 0 Å². The summed E-state index contributed by atoms with van der Waals surface area (Å²) in [4.78, 5) is 2.42. The molecule has 2 fully saturated rings. The van der Waals surface area contributed by atoms with E-state index >= 15 is 0 Å². The fraction of sp³-hybridized carbons (Fsp3) is 0.600. The van der Waals surface area contributed by atoms with Crippen LogP contribution < -0.4 is 4.74 Å². The number of nitrogens with zero attached hydrogens (tertiary/aromatic N) is 2. The maximum Gasteiger partial charge on any atom is 0.246 e. The average Bonchev–Trinajstić information content (AvgIpc) is 2.55. The van der Waals surface area contributed by atoms with Gasteiger partial charge in [-0.1, -0.05) is 12.1 Å². The zero-order valence-electron chi connectivity index (χ0n) is 12.9. The van der Waals surface area contributed by atoms with Gasteiger partial charge in [-0.2, -0.15) is 4.31 Å². The Kier molecular flexibility index (Phi) is 4.40. The summed E-state index contributed by atoms with van der Waals surface area (Å²) < 4.78 is 38.4. The van der Waals surface area contributed by atoms with Crippen molar-refractivity contribution < 1.29 is 17.9 Å². The summed E-state index contributed by atoms with van der Waals surface area (Å²) in [5, 5.41) is 0. The van der Waals surface area contributed by atoms with E-state index in [1.807, 2.05) is 7.05 Å². The molecule has 0 spiro atoms. The van der Waals surface area contributed by atoms with Crippen LogP contribution in [-0.2, 0) is 14.8 Å². The van der Waals surface area contributed by atoms with Crippen LogP contribution in [0.3, 0.4) is 0 Å². The Morgan fingerprint density at radius 3 is 2.82 bits per heavy atom. The zero-order chi connectivity index (χ0) is 15.7. The second-order valence-corrected chi connectivity index (χ2v) is 7.67. The van der Waals surface area contributed by atoms with Gasteiger partial charge in [0.05, 0.1) is 19.8 Å². The maximum atomic E-state index is 12.9. The summed E-state index contributed by atoms with van der Waals surface area (Å²) in [5.41, 5.74) is 0. The first-order valence-corrected chi connectivity index (χ1v) is 8.93. The summed E-state index contributed by atoms with van der Waals surface area (Å²) in [6, 6.07) is 6.88. The number of likely N-dealkylation sites (N-methyl/N-ethyl adjacent to an activating group) is 1. The van der Waals surface area contributed by atoms with Crippen LogP contribution >= 0.6 is 0 Å². The van der Waals surface area contributed by atoms with E-state index in [1.165, 1.54) is 7.11 Å². The lowest BCUT2D eigenvalue weighted by atomic mass is 10.0. The minimum Gasteiger partial charge on any atom is -0.495 e. The highest BCUT2D eigenvalue weighted by molar-refractivity contribution is 7.89. The third-order valence-electron chi connectivity index (χ3n) is 4.51. The molecule has 2 heterocycles. The molecule has 3 rings (SSSR count). The number of fused-ring (bicyclic) bond motifs is 1. The van der Waals surface area contributed by atoms with Gasteiger partial charge in [0.1, 0.15) is 10.6 Å². The largest absolute Gasteiger partial charge is 0.495 e. The second-order valence-electron chi connectivity index (χ2n) is 5.76. The lowest BCUT2D eigenvalue weighted by molar-refractivity contribution is -0.0840. The maximum absolute atomic E-state index is 12.9. The molecule has 0 radical (unpaired) electrons. The molecule has 0 saturated carbocycles. The molecule has 0 aromatic heterocycles. The molecule has 2 atom stereocenters. The first kappa shape index (κ1) is 15.7. The lowest BCUT2D eigenvalue weighted by Gasteiger charge is -2.45. The van der Waals surface area contributed by atoms with Crippen LogP contribution in [-0.4, -0.2) is 70.2 Å². The molecule has 6 nitrogen and oxygen atoms in total. The highest BCUT2D eigenvalue weighted by Gasteiger charge is 2.40. The Balaban J connectivity index is 1.87. The molecule has 0 unspecified atom stereocenters. The number of hydrogen-bond acceptors (Lipinski definition) is 5. The first-order chi connectivity index (χ1) is 10.5. The van der Waals surface area contributed by atoms with Gasteiger partial charge in [-0.3, -0.25) is 4.90 Å². The Bertz CT molecular complexity index is 634.